The van der Waals surface area contributed by atoms with Crippen LogP contribution in [-0.2, 0) is 11.3 Å². The van der Waals surface area contributed by atoms with Crippen molar-refractivity contribution in [1.29, 1.82) is 0 Å². The van der Waals surface area contributed by atoms with Crippen molar-refractivity contribution in [1.82, 2.24) is 4.98 Å². The average molecular weight is 309 g/mol. The molecular weight excluding hydrogens is 288 g/mol. The molecule has 4 nitrogen and oxygen atoms in total. The Kier molecular flexibility index (Phi) is 5.26. The number of fused-ring (bicyclic) bond motifs is 1. The predicted molar refractivity (Wildman–Crippen MR) is 85.6 cm³/mol. The first-order chi connectivity index (χ1) is 9.74. The Hall–Kier alpha value is -1.52. The van der Waals surface area contributed by atoms with E-state index in [2.05, 4.69) is 4.98 Å². The second-order valence-corrected chi connectivity index (χ2v) is 5.58. The first kappa shape index (κ1) is 15.9. The summed E-state index contributed by atoms with van der Waals surface area (Å²) in [4.78, 5) is 15.1. The Labute approximate surface area is 130 Å². The molecule has 3 rings (SSSR count). The molecule has 0 spiro atoms. The maximum atomic E-state index is 11.9. The molecule has 1 aliphatic rings. The van der Waals surface area contributed by atoms with Crippen LogP contribution in [0.4, 0.5) is 0 Å². The topological polar surface area (TPSA) is 68.1 Å². The Balaban J connectivity index is 0.00000161. The molecule has 114 valence electrons. The van der Waals surface area contributed by atoms with E-state index in [4.69, 9.17) is 10.5 Å². The van der Waals surface area contributed by atoms with Crippen LogP contribution < -0.4 is 10.5 Å². The molecule has 0 unspecified atom stereocenters. The predicted octanol–water partition coefficient (Wildman–Crippen LogP) is 3.53. The zero-order valence-corrected chi connectivity index (χ0v) is 12.7. The zero-order valence-electron chi connectivity index (χ0n) is 11.9. The highest BCUT2D eigenvalue weighted by Gasteiger charge is 2.19. The highest BCUT2D eigenvalue weighted by molar-refractivity contribution is 5.85. The van der Waals surface area contributed by atoms with Gasteiger partial charge in [-0.05, 0) is 43.0 Å². The van der Waals surface area contributed by atoms with Crippen molar-refractivity contribution in [2.75, 3.05) is 0 Å². The van der Waals surface area contributed by atoms with E-state index in [0.29, 0.717) is 24.6 Å². The van der Waals surface area contributed by atoms with Crippen molar-refractivity contribution in [3.63, 3.8) is 0 Å². The van der Waals surface area contributed by atoms with E-state index >= 15 is 0 Å². The van der Waals surface area contributed by atoms with Crippen molar-refractivity contribution in [3.05, 3.63) is 30.0 Å². The molecular formula is C16H21ClN2O2. The first-order valence-corrected chi connectivity index (χ1v) is 7.27. The summed E-state index contributed by atoms with van der Waals surface area (Å²) in [7, 11) is 0. The normalized spacial score (nSPS) is 15.1. The summed E-state index contributed by atoms with van der Waals surface area (Å²) in [6.07, 6.45) is 5.35. The number of esters is 1. The van der Waals surface area contributed by atoms with E-state index in [1.807, 2.05) is 24.3 Å². The number of rotatable bonds is 4. The minimum atomic E-state index is -0.120. The van der Waals surface area contributed by atoms with Crippen molar-refractivity contribution < 1.29 is 9.53 Å². The number of ether oxygens (including phenoxy) is 1. The van der Waals surface area contributed by atoms with Gasteiger partial charge in [-0.1, -0.05) is 12.8 Å². The number of nitrogens with two attached hydrogens (primary N) is 1. The lowest BCUT2D eigenvalue weighted by Crippen LogP contribution is -2.12. The van der Waals surface area contributed by atoms with Gasteiger partial charge in [-0.3, -0.25) is 4.79 Å². The SMILES string of the molecule is Cl.NCc1cc2cc(OC(=O)CC3CCCC3)ccc2[nH]1. The molecule has 0 saturated heterocycles. The minimum Gasteiger partial charge on any atom is -0.426 e. The number of nitrogens with one attached hydrogen (secondary N) is 1. The van der Waals surface area contributed by atoms with Crippen molar-refractivity contribution in [2.24, 2.45) is 11.7 Å². The average Bonchev–Trinajstić information content (AvgIpc) is 3.06. The van der Waals surface area contributed by atoms with E-state index in [9.17, 15) is 4.79 Å². The largest absolute Gasteiger partial charge is 0.426 e. The summed E-state index contributed by atoms with van der Waals surface area (Å²) in [6.45, 7) is 0.478. The summed E-state index contributed by atoms with van der Waals surface area (Å²) in [5, 5.41) is 1.02. The number of carbonyl (C=O) groups is 1. The lowest BCUT2D eigenvalue weighted by atomic mass is 10.0. The van der Waals surface area contributed by atoms with Crippen LogP contribution in [0.25, 0.3) is 10.9 Å². The van der Waals surface area contributed by atoms with E-state index < -0.39 is 0 Å². The van der Waals surface area contributed by atoms with Crippen LogP contribution in [0.1, 0.15) is 37.8 Å². The third kappa shape index (κ3) is 3.77. The van der Waals surface area contributed by atoms with Gasteiger partial charge in [-0.2, -0.15) is 0 Å². The van der Waals surface area contributed by atoms with Gasteiger partial charge in [-0.25, -0.2) is 0 Å². The highest BCUT2D eigenvalue weighted by atomic mass is 35.5. The summed E-state index contributed by atoms with van der Waals surface area (Å²) in [5.74, 6) is 1.01. The Morgan fingerprint density at radius 2 is 2.05 bits per heavy atom. The third-order valence-electron chi connectivity index (χ3n) is 4.03. The molecule has 5 heteroatoms. The van der Waals surface area contributed by atoms with Gasteiger partial charge in [0.2, 0.25) is 0 Å². The molecule has 1 aliphatic carbocycles. The van der Waals surface area contributed by atoms with Crippen molar-refractivity contribution in [2.45, 2.75) is 38.6 Å². The molecule has 1 fully saturated rings. The van der Waals surface area contributed by atoms with E-state index in [-0.39, 0.29) is 18.4 Å². The highest BCUT2D eigenvalue weighted by Crippen LogP contribution is 2.28. The van der Waals surface area contributed by atoms with Gasteiger partial charge >= 0.3 is 5.97 Å². The zero-order chi connectivity index (χ0) is 13.9. The molecule has 0 aliphatic heterocycles. The van der Waals surface area contributed by atoms with Crippen molar-refractivity contribution in [3.8, 4) is 5.75 Å². The Morgan fingerprint density at radius 1 is 1.29 bits per heavy atom. The monoisotopic (exact) mass is 308 g/mol. The number of aromatic nitrogens is 1. The van der Waals surface area contributed by atoms with E-state index in [0.717, 1.165) is 29.4 Å². The maximum Gasteiger partial charge on any atom is 0.311 e. The molecule has 0 amide bonds. The van der Waals surface area contributed by atoms with E-state index in [1.54, 1.807) is 0 Å². The van der Waals surface area contributed by atoms with Gasteiger partial charge in [0.05, 0.1) is 0 Å². The standard InChI is InChI=1S/C16H20N2O2.ClH/c17-10-13-8-12-9-14(5-6-15(12)18-13)20-16(19)7-11-3-1-2-4-11;/h5-6,8-9,11,18H,1-4,7,10,17H2;1H. The van der Waals surface area contributed by atoms with Crippen LogP contribution in [0.3, 0.4) is 0 Å². The quantitative estimate of drug-likeness (QED) is 0.670. The fraction of sp³-hybridized carbons (Fsp3) is 0.438. The lowest BCUT2D eigenvalue weighted by Gasteiger charge is -2.08. The molecule has 0 atom stereocenters. The molecule has 0 bridgehead atoms. The summed E-state index contributed by atoms with van der Waals surface area (Å²) in [5.41, 5.74) is 7.60. The summed E-state index contributed by atoms with van der Waals surface area (Å²) in [6, 6.07) is 7.62. The molecule has 21 heavy (non-hydrogen) atoms. The number of benzene rings is 1. The minimum absolute atomic E-state index is 0. The molecule has 1 aromatic carbocycles. The van der Waals surface area contributed by atoms with Gasteiger partial charge < -0.3 is 15.5 Å². The lowest BCUT2D eigenvalue weighted by molar-refractivity contribution is -0.135. The van der Waals surface area contributed by atoms with Gasteiger partial charge in [0.15, 0.2) is 0 Å². The van der Waals surface area contributed by atoms with Gasteiger partial charge in [0.1, 0.15) is 5.75 Å². The fourth-order valence-corrected chi connectivity index (χ4v) is 2.97. The smallest absolute Gasteiger partial charge is 0.311 e. The van der Waals surface area contributed by atoms with Crippen molar-refractivity contribution >= 4 is 29.3 Å². The molecule has 0 radical (unpaired) electrons. The van der Waals surface area contributed by atoms with Gasteiger partial charge in [0, 0.05) is 29.6 Å². The number of hydrogen-bond donors (Lipinski definition) is 2. The fourth-order valence-electron chi connectivity index (χ4n) is 2.97. The Bertz CT molecular complexity index is 618. The molecule has 1 heterocycles. The number of carbonyl (C=O) groups excluding carboxylic acids is 1. The van der Waals surface area contributed by atoms with E-state index in [1.165, 1.54) is 12.8 Å². The second-order valence-electron chi connectivity index (χ2n) is 5.58. The molecule has 1 saturated carbocycles. The number of H-pyrrole nitrogens is 1. The summed E-state index contributed by atoms with van der Waals surface area (Å²) < 4.78 is 5.44. The number of aromatic amines is 1. The van der Waals surface area contributed by atoms with Gasteiger partial charge in [0.25, 0.3) is 0 Å². The Morgan fingerprint density at radius 3 is 2.76 bits per heavy atom. The molecule has 2 aromatic rings. The van der Waals surface area contributed by atoms with Gasteiger partial charge in [-0.15, -0.1) is 12.4 Å². The molecule has 3 N–H and O–H groups in total. The van der Waals surface area contributed by atoms with Crippen LogP contribution >= 0.6 is 12.4 Å². The van der Waals surface area contributed by atoms with Crippen LogP contribution in [0.15, 0.2) is 24.3 Å². The number of hydrogen-bond acceptors (Lipinski definition) is 3. The third-order valence-corrected chi connectivity index (χ3v) is 4.03. The second kappa shape index (κ2) is 6.96. The number of halogens is 1. The van der Waals surface area contributed by atoms with Crippen LogP contribution in [0.2, 0.25) is 0 Å². The molecule has 1 aromatic heterocycles. The van der Waals surface area contributed by atoms with Crippen LogP contribution in [0.5, 0.6) is 5.75 Å². The van der Waals surface area contributed by atoms with Crippen LogP contribution in [0, 0.1) is 5.92 Å². The van der Waals surface area contributed by atoms with Crippen LogP contribution in [-0.4, -0.2) is 11.0 Å². The maximum absolute atomic E-state index is 11.9. The first-order valence-electron chi connectivity index (χ1n) is 7.27. The summed E-state index contributed by atoms with van der Waals surface area (Å²) >= 11 is 0.